The standard InChI is InChI=1S/C26H26FN3O2/c1-28-25(32)26(17-19-5-2-6-21(15-19)20-9-12-29-13-10-20)11-4-14-30(18-26)24(31)22-7-3-8-23(27)16-22/h2-3,5-10,12-13,15-16H,4,11,14,17-18H2,1H3,(H,28,32)/t26-/m1/s1. The Morgan fingerprint density at radius 2 is 1.84 bits per heavy atom. The van der Waals surface area contributed by atoms with Crippen LogP contribution in [0.25, 0.3) is 11.1 Å². The van der Waals surface area contributed by atoms with E-state index in [-0.39, 0.29) is 11.8 Å². The van der Waals surface area contributed by atoms with Crippen LogP contribution in [0.5, 0.6) is 0 Å². The maximum Gasteiger partial charge on any atom is 0.253 e. The molecule has 1 aromatic heterocycles. The monoisotopic (exact) mass is 431 g/mol. The summed E-state index contributed by atoms with van der Waals surface area (Å²) in [5.74, 6) is -0.773. The maximum atomic E-state index is 13.7. The van der Waals surface area contributed by atoms with Gasteiger partial charge in [0.1, 0.15) is 5.82 Å². The number of nitrogens with zero attached hydrogens (tertiary/aromatic N) is 2. The summed E-state index contributed by atoms with van der Waals surface area (Å²) in [4.78, 5) is 31.9. The quantitative estimate of drug-likeness (QED) is 0.662. The highest BCUT2D eigenvalue weighted by molar-refractivity contribution is 5.95. The van der Waals surface area contributed by atoms with Crippen molar-refractivity contribution in [1.29, 1.82) is 0 Å². The van der Waals surface area contributed by atoms with Gasteiger partial charge in [0.25, 0.3) is 5.91 Å². The molecule has 3 aromatic rings. The van der Waals surface area contributed by atoms with E-state index < -0.39 is 11.2 Å². The average molecular weight is 432 g/mol. The first-order chi connectivity index (χ1) is 15.5. The van der Waals surface area contributed by atoms with Crippen molar-refractivity contribution >= 4 is 11.8 Å². The highest BCUT2D eigenvalue weighted by Crippen LogP contribution is 2.35. The molecule has 2 heterocycles. The van der Waals surface area contributed by atoms with E-state index in [4.69, 9.17) is 0 Å². The lowest BCUT2D eigenvalue weighted by atomic mass is 9.74. The van der Waals surface area contributed by atoms with Gasteiger partial charge in [-0.15, -0.1) is 0 Å². The van der Waals surface area contributed by atoms with Crippen molar-refractivity contribution in [2.45, 2.75) is 19.3 Å². The zero-order chi connectivity index (χ0) is 22.6. The molecule has 0 spiro atoms. The Labute approximate surface area is 187 Å². The van der Waals surface area contributed by atoms with Gasteiger partial charge in [0.2, 0.25) is 5.91 Å². The van der Waals surface area contributed by atoms with E-state index in [1.807, 2.05) is 30.3 Å². The van der Waals surface area contributed by atoms with E-state index in [2.05, 4.69) is 16.4 Å². The Bertz CT molecular complexity index is 1120. The summed E-state index contributed by atoms with van der Waals surface area (Å²) in [6.07, 6.45) is 5.41. The number of benzene rings is 2. The van der Waals surface area contributed by atoms with E-state index in [0.29, 0.717) is 37.9 Å². The minimum absolute atomic E-state index is 0.0800. The summed E-state index contributed by atoms with van der Waals surface area (Å²) in [5.41, 5.74) is 2.70. The second-order valence-corrected chi connectivity index (χ2v) is 8.31. The summed E-state index contributed by atoms with van der Waals surface area (Å²) in [7, 11) is 1.63. The van der Waals surface area contributed by atoms with Gasteiger partial charge >= 0.3 is 0 Å². The van der Waals surface area contributed by atoms with Crippen LogP contribution in [-0.4, -0.2) is 41.8 Å². The Hall–Kier alpha value is -3.54. The van der Waals surface area contributed by atoms with Gasteiger partial charge in [-0.1, -0.05) is 30.3 Å². The summed E-state index contributed by atoms with van der Waals surface area (Å²) < 4.78 is 13.7. The molecule has 32 heavy (non-hydrogen) atoms. The Morgan fingerprint density at radius 1 is 1.06 bits per heavy atom. The molecule has 0 radical (unpaired) electrons. The van der Waals surface area contributed by atoms with E-state index in [1.54, 1.807) is 30.4 Å². The number of pyridine rings is 1. The summed E-state index contributed by atoms with van der Waals surface area (Å²) >= 11 is 0. The lowest BCUT2D eigenvalue weighted by Gasteiger charge is -2.41. The summed E-state index contributed by atoms with van der Waals surface area (Å²) in [6, 6.07) is 17.7. The molecule has 6 heteroatoms. The lowest BCUT2D eigenvalue weighted by Crippen LogP contribution is -2.54. The number of piperidine rings is 1. The van der Waals surface area contributed by atoms with E-state index >= 15 is 0 Å². The fraction of sp³-hybridized carbons (Fsp3) is 0.269. The smallest absolute Gasteiger partial charge is 0.253 e. The molecular formula is C26H26FN3O2. The summed E-state index contributed by atoms with van der Waals surface area (Å²) in [5, 5.41) is 2.81. The first-order valence-electron chi connectivity index (χ1n) is 10.8. The third-order valence-corrected chi connectivity index (χ3v) is 6.13. The number of carbonyl (C=O) groups is 2. The number of hydrogen-bond donors (Lipinski definition) is 1. The van der Waals surface area contributed by atoms with Crippen LogP contribution in [0.4, 0.5) is 4.39 Å². The number of likely N-dealkylation sites (tertiary alicyclic amines) is 1. The van der Waals surface area contributed by atoms with E-state index in [0.717, 1.165) is 16.7 Å². The molecule has 0 bridgehead atoms. The molecule has 1 fully saturated rings. The fourth-order valence-electron chi connectivity index (χ4n) is 4.58. The topological polar surface area (TPSA) is 62.3 Å². The van der Waals surface area contributed by atoms with Crippen LogP contribution in [0.3, 0.4) is 0 Å². The SMILES string of the molecule is CNC(=O)[C@@]1(Cc2cccc(-c3ccncc3)c2)CCCN(C(=O)c2cccc(F)c2)C1. The molecule has 1 aliphatic rings. The number of carbonyl (C=O) groups excluding carboxylic acids is 2. The number of hydrogen-bond acceptors (Lipinski definition) is 3. The molecule has 1 aliphatic heterocycles. The van der Waals surface area contributed by atoms with Gasteiger partial charge in [0, 0.05) is 38.1 Å². The lowest BCUT2D eigenvalue weighted by molar-refractivity contribution is -0.133. The van der Waals surface area contributed by atoms with Crippen molar-refractivity contribution in [3.63, 3.8) is 0 Å². The molecule has 2 aromatic carbocycles. The molecule has 1 saturated heterocycles. The van der Waals surface area contributed by atoms with Gasteiger partial charge < -0.3 is 10.2 Å². The molecular weight excluding hydrogens is 405 g/mol. The second-order valence-electron chi connectivity index (χ2n) is 8.31. The Kier molecular flexibility index (Phi) is 6.30. The highest BCUT2D eigenvalue weighted by Gasteiger charge is 2.43. The second kappa shape index (κ2) is 9.30. The number of halogens is 1. The van der Waals surface area contributed by atoms with Crippen LogP contribution < -0.4 is 5.32 Å². The van der Waals surface area contributed by atoms with Crippen LogP contribution in [-0.2, 0) is 11.2 Å². The predicted octanol–water partition coefficient (Wildman–Crippen LogP) is 4.10. The molecule has 5 nitrogen and oxygen atoms in total. The van der Waals surface area contributed by atoms with Gasteiger partial charge in [0.15, 0.2) is 0 Å². The summed E-state index contributed by atoms with van der Waals surface area (Å²) in [6.45, 7) is 0.840. The van der Waals surface area contributed by atoms with Gasteiger partial charge in [0.05, 0.1) is 5.41 Å². The van der Waals surface area contributed by atoms with Crippen LogP contribution in [0.1, 0.15) is 28.8 Å². The van der Waals surface area contributed by atoms with E-state index in [1.165, 1.54) is 18.2 Å². The van der Waals surface area contributed by atoms with Crippen molar-refractivity contribution in [2.75, 3.05) is 20.1 Å². The van der Waals surface area contributed by atoms with Gasteiger partial charge in [-0.2, -0.15) is 0 Å². The molecule has 0 saturated carbocycles. The first-order valence-corrected chi connectivity index (χ1v) is 10.8. The third kappa shape index (κ3) is 4.54. The highest BCUT2D eigenvalue weighted by atomic mass is 19.1. The number of nitrogens with one attached hydrogen (secondary N) is 1. The van der Waals surface area contributed by atoms with Gasteiger partial charge in [-0.25, -0.2) is 4.39 Å². The number of amides is 2. The van der Waals surface area contributed by atoms with Gasteiger partial charge in [-0.05, 0) is 66.3 Å². The molecule has 0 unspecified atom stereocenters. The van der Waals surface area contributed by atoms with Crippen molar-refractivity contribution in [3.8, 4) is 11.1 Å². The Balaban J connectivity index is 1.62. The van der Waals surface area contributed by atoms with Crippen molar-refractivity contribution in [2.24, 2.45) is 5.41 Å². The zero-order valence-corrected chi connectivity index (χ0v) is 18.1. The molecule has 4 rings (SSSR count). The van der Waals surface area contributed by atoms with Crippen molar-refractivity contribution in [3.05, 3.63) is 90.0 Å². The van der Waals surface area contributed by atoms with E-state index in [9.17, 15) is 14.0 Å². The largest absolute Gasteiger partial charge is 0.359 e. The molecule has 2 amide bonds. The average Bonchev–Trinajstić information content (AvgIpc) is 2.84. The molecule has 0 aliphatic carbocycles. The zero-order valence-electron chi connectivity index (χ0n) is 18.1. The van der Waals surface area contributed by atoms with Crippen molar-refractivity contribution in [1.82, 2.24) is 15.2 Å². The molecule has 1 atom stereocenters. The first kappa shape index (κ1) is 21.7. The minimum atomic E-state index is -0.743. The van der Waals surface area contributed by atoms with Crippen LogP contribution in [0.2, 0.25) is 0 Å². The number of aromatic nitrogens is 1. The van der Waals surface area contributed by atoms with Crippen molar-refractivity contribution < 1.29 is 14.0 Å². The fourth-order valence-corrected chi connectivity index (χ4v) is 4.58. The van der Waals surface area contributed by atoms with Gasteiger partial charge in [-0.3, -0.25) is 14.6 Å². The molecule has 164 valence electrons. The van der Waals surface area contributed by atoms with Crippen LogP contribution >= 0.6 is 0 Å². The minimum Gasteiger partial charge on any atom is -0.359 e. The number of rotatable bonds is 5. The Morgan fingerprint density at radius 3 is 2.59 bits per heavy atom. The van der Waals surface area contributed by atoms with Crippen LogP contribution in [0.15, 0.2) is 73.1 Å². The molecule has 1 N–H and O–H groups in total. The normalized spacial score (nSPS) is 18.2. The predicted molar refractivity (Wildman–Crippen MR) is 121 cm³/mol. The van der Waals surface area contributed by atoms with Crippen LogP contribution in [0, 0.1) is 11.2 Å². The third-order valence-electron chi connectivity index (χ3n) is 6.13. The maximum absolute atomic E-state index is 13.7.